The van der Waals surface area contributed by atoms with Gasteiger partial charge in [-0.3, -0.25) is 14.9 Å². The van der Waals surface area contributed by atoms with Crippen molar-refractivity contribution in [2.45, 2.75) is 31.8 Å². The Balaban J connectivity index is 2.21. The summed E-state index contributed by atoms with van der Waals surface area (Å²) in [5.74, 6) is -1.58. The van der Waals surface area contributed by atoms with Crippen LogP contribution in [0.3, 0.4) is 0 Å². The molecule has 1 aliphatic rings. The number of fused-ring (bicyclic) bond motifs is 1. The fourth-order valence-corrected chi connectivity index (χ4v) is 3.32. The molecule has 9 heteroatoms. The number of benzene rings is 1. The maximum absolute atomic E-state index is 13.5. The quantitative estimate of drug-likeness (QED) is 0.637. The summed E-state index contributed by atoms with van der Waals surface area (Å²) in [4.78, 5) is 23.2. The molecule has 0 saturated carbocycles. The first kappa shape index (κ1) is 16.6. The summed E-state index contributed by atoms with van der Waals surface area (Å²) in [6, 6.07) is 2.61. The van der Waals surface area contributed by atoms with E-state index in [-0.39, 0.29) is 10.5 Å². The number of halogens is 2. The van der Waals surface area contributed by atoms with Crippen molar-refractivity contribution in [1.29, 1.82) is 0 Å². The lowest BCUT2D eigenvalue weighted by Crippen LogP contribution is -2.44. The van der Waals surface area contributed by atoms with Gasteiger partial charge in [-0.15, -0.1) is 0 Å². The summed E-state index contributed by atoms with van der Waals surface area (Å²) < 4.78 is 15.3. The molecule has 7 nitrogen and oxygen atoms in total. The second kappa shape index (κ2) is 5.97. The molecular formula is C15H14BrFN4O3. The number of carbonyl (C=O) groups excluding carboxylic acids is 1. The van der Waals surface area contributed by atoms with Crippen LogP contribution in [-0.4, -0.2) is 26.7 Å². The first-order chi connectivity index (χ1) is 11.3. The van der Waals surface area contributed by atoms with Crippen molar-refractivity contribution in [3.63, 3.8) is 0 Å². The summed E-state index contributed by atoms with van der Waals surface area (Å²) in [6.45, 7) is 3.78. The highest BCUT2D eigenvalue weighted by Crippen LogP contribution is 2.40. The van der Waals surface area contributed by atoms with Gasteiger partial charge in [0.25, 0.3) is 0 Å². The smallest absolute Gasteiger partial charge is 0.301 e. The van der Waals surface area contributed by atoms with Crippen LogP contribution in [0.2, 0.25) is 0 Å². The van der Waals surface area contributed by atoms with Crippen LogP contribution in [0.4, 0.5) is 10.2 Å². The van der Waals surface area contributed by atoms with Gasteiger partial charge in [-0.05, 0) is 47.5 Å². The molecule has 1 aliphatic heterocycles. The number of aromatic nitrogens is 2. The lowest BCUT2D eigenvalue weighted by molar-refractivity contribution is -0.509. The monoisotopic (exact) mass is 396 g/mol. The van der Waals surface area contributed by atoms with Crippen molar-refractivity contribution in [3.05, 3.63) is 55.9 Å². The van der Waals surface area contributed by atoms with Crippen LogP contribution in [0.1, 0.15) is 36.9 Å². The number of anilines is 1. The van der Waals surface area contributed by atoms with E-state index in [2.05, 4.69) is 26.3 Å². The number of nitrogens with one attached hydrogen (secondary N) is 1. The van der Waals surface area contributed by atoms with Crippen LogP contribution < -0.4 is 5.32 Å². The molecule has 0 bridgehead atoms. The number of amides is 1. The van der Waals surface area contributed by atoms with Gasteiger partial charge in [-0.2, -0.15) is 5.10 Å². The van der Waals surface area contributed by atoms with Crippen molar-refractivity contribution in [2.75, 3.05) is 5.32 Å². The van der Waals surface area contributed by atoms with E-state index in [4.69, 9.17) is 0 Å². The Labute approximate surface area is 145 Å². The second-order valence-corrected chi connectivity index (χ2v) is 6.71. The third kappa shape index (κ3) is 2.58. The Kier molecular flexibility index (Phi) is 4.12. The molecule has 0 radical (unpaired) electrons. The largest absolute Gasteiger partial charge is 0.305 e. The van der Waals surface area contributed by atoms with Gasteiger partial charge >= 0.3 is 11.9 Å². The van der Waals surface area contributed by atoms with Crippen LogP contribution in [0, 0.1) is 15.9 Å². The molecule has 1 aromatic heterocycles. The van der Waals surface area contributed by atoms with E-state index in [0.29, 0.717) is 16.9 Å². The van der Waals surface area contributed by atoms with Gasteiger partial charge in [0, 0.05) is 16.5 Å². The highest BCUT2D eigenvalue weighted by Gasteiger charge is 2.47. The number of hydrogen-bond donors (Lipinski definition) is 1. The number of rotatable bonds is 3. The minimum Gasteiger partial charge on any atom is -0.305 e. The van der Waals surface area contributed by atoms with E-state index in [0.717, 1.165) is 0 Å². The third-order valence-electron chi connectivity index (χ3n) is 4.00. The van der Waals surface area contributed by atoms with Gasteiger partial charge < -0.3 is 5.32 Å². The van der Waals surface area contributed by atoms with Gasteiger partial charge in [0.15, 0.2) is 0 Å². The van der Waals surface area contributed by atoms with Crippen LogP contribution in [-0.2, 0) is 4.79 Å². The Hall–Kier alpha value is -2.29. The summed E-state index contributed by atoms with van der Waals surface area (Å²) in [6.07, 6.45) is 1.52. The fraction of sp³-hybridized carbons (Fsp3) is 0.333. The van der Waals surface area contributed by atoms with Crippen LogP contribution >= 0.6 is 15.9 Å². The molecule has 24 heavy (non-hydrogen) atoms. The van der Waals surface area contributed by atoms with Gasteiger partial charge in [0.2, 0.25) is 0 Å². The van der Waals surface area contributed by atoms with E-state index in [1.54, 1.807) is 4.68 Å². The molecule has 0 unspecified atom stereocenters. The minimum absolute atomic E-state index is 0.0261. The minimum atomic E-state index is -1.50. The van der Waals surface area contributed by atoms with E-state index in [9.17, 15) is 19.3 Å². The molecule has 1 N–H and O–H groups in total. The molecule has 2 atom stereocenters. The van der Waals surface area contributed by atoms with E-state index in [1.165, 1.54) is 24.4 Å². The number of hydrogen-bond acceptors (Lipinski definition) is 4. The van der Waals surface area contributed by atoms with Crippen molar-refractivity contribution >= 4 is 27.7 Å². The average Bonchev–Trinajstić information content (AvgIpc) is 2.91. The van der Waals surface area contributed by atoms with Gasteiger partial charge in [-0.25, -0.2) is 9.07 Å². The van der Waals surface area contributed by atoms with Crippen molar-refractivity contribution in [1.82, 2.24) is 9.78 Å². The first-order valence-electron chi connectivity index (χ1n) is 7.28. The molecule has 0 fully saturated rings. The normalized spacial score (nSPS) is 20.0. The predicted molar refractivity (Wildman–Crippen MR) is 88.0 cm³/mol. The summed E-state index contributed by atoms with van der Waals surface area (Å²) in [7, 11) is 0. The zero-order chi connectivity index (χ0) is 17.6. The van der Waals surface area contributed by atoms with Crippen LogP contribution in [0.5, 0.6) is 0 Å². The predicted octanol–water partition coefficient (Wildman–Crippen LogP) is 3.09. The topological polar surface area (TPSA) is 90.1 Å². The molecule has 0 spiro atoms. The Morgan fingerprint density at radius 2 is 2.17 bits per heavy atom. The lowest BCUT2D eigenvalue weighted by atomic mass is 9.83. The molecule has 0 aliphatic carbocycles. The molecule has 0 saturated heterocycles. The zero-order valence-electron chi connectivity index (χ0n) is 12.9. The third-order valence-corrected chi connectivity index (χ3v) is 4.61. The van der Waals surface area contributed by atoms with Gasteiger partial charge in [-0.1, -0.05) is 6.07 Å². The SMILES string of the molecule is CC(C)n1ncc2c1NC(=O)[C@@H]([N+](=O)[O-])[C@H]2c1ccc(F)c(Br)c1. The Bertz CT molecular complexity index is 836. The van der Waals surface area contributed by atoms with Crippen LogP contribution in [0.15, 0.2) is 28.9 Å². The molecule has 2 heterocycles. The summed E-state index contributed by atoms with van der Waals surface area (Å²) in [5.41, 5.74) is 1.02. The number of nitrogens with zero attached hydrogens (tertiary/aromatic N) is 3. The fourth-order valence-electron chi connectivity index (χ4n) is 2.92. The Morgan fingerprint density at radius 3 is 2.75 bits per heavy atom. The molecule has 2 aromatic rings. The van der Waals surface area contributed by atoms with Crippen molar-refractivity contribution in [2.24, 2.45) is 0 Å². The van der Waals surface area contributed by atoms with E-state index in [1.807, 2.05) is 13.8 Å². The maximum Gasteiger partial charge on any atom is 0.301 e. The lowest BCUT2D eigenvalue weighted by Gasteiger charge is -2.27. The van der Waals surface area contributed by atoms with Gasteiger partial charge in [0.1, 0.15) is 11.6 Å². The first-order valence-corrected chi connectivity index (χ1v) is 8.07. The highest BCUT2D eigenvalue weighted by molar-refractivity contribution is 9.10. The number of nitro groups is 1. The van der Waals surface area contributed by atoms with E-state index >= 15 is 0 Å². The summed E-state index contributed by atoms with van der Waals surface area (Å²) >= 11 is 3.09. The maximum atomic E-state index is 13.5. The van der Waals surface area contributed by atoms with Gasteiger partial charge in [0.05, 0.1) is 16.6 Å². The van der Waals surface area contributed by atoms with E-state index < -0.39 is 28.6 Å². The zero-order valence-corrected chi connectivity index (χ0v) is 14.4. The molecule has 1 aromatic carbocycles. The Morgan fingerprint density at radius 1 is 1.46 bits per heavy atom. The molecule has 126 valence electrons. The standard InChI is InChI=1S/C15H14BrFN4O3/c1-7(2)20-14-9(6-18-20)12(13(21(23)24)15(22)19-14)8-3-4-11(17)10(16)5-8/h3-7,12-13H,1-2H3,(H,19,22)/t12-,13-/m0/s1. The number of carbonyl (C=O) groups is 1. The second-order valence-electron chi connectivity index (χ2n) is 5.86. The molecular weight excluding hydrogens is 383 g/mol. The summed E-state index contributed by atoms with van der Waals surface area (Å²) in [5, 5.41) is 18.3. The highest BCUT2D eigenvalue weighted by atomic mass is 79.9. The molecule has 3 rings (SSSR count). The average molecular weight is 397 g/mol. The van der Waals surface area contributed by atoms with Crippen LogP contribution in [0.25, 0.3) is 0 Å². The van der Waals surface area contributed by atoms with Crippen molar-refractivity contribution in [3.8, 4) is 0 Å². The van der Waals surface area contributed by atoms with Crippen molar-refractivity contribution < 1.29 is 14.1 Å². The molecule has 1 amide bonds.